The van der Waals surface area contributed by atoms with E-state index in [1.807, 2.05) is 27.7 Å². The topological polar surface area (TPSA) is 96.4 Å². The lowest BCUT2D eigenvalue weighted by Gasteiger charge is -2.46. The maximum absolute atomic E-state index is 14.6. The summed E-state index contributed by atoms with van der Waals surface area (Å²) in [6.45, 7) is 21.8. The van der Waals surface area contributed by atoms with Crippen LogP contribution < -0.4 is 0 Å². The highest BCUT2D eigenvalue weighted by atomic mass is 16.6. The first-order valence-electron chi connectivity index (χ1n) is 13.5. The molecule has 1 spiro atoms. The number of fused-ring (bicyclic) bond motifs is 1. The molecule has 208 valence electrons. The number of nitrogens with zero attached hydrogens (tertiary/aromatic N) is 2. The Balaban J connectivity index is 2.13. The average molecular weight is 519 g/mol. The van der Waals surface area contributed by atoms with Gasteiger partial charge in [0.15, 0.2) is 0 Å². The highest BCUT2D eigenvalue weighted by molar-refractivity contribution is 5.98. The van der Waals surface area contributed by atoms with Crippen LogP contribution in [0.5, 0.6) is 0 Å². The summed E-state index contributed by atoms with van der Waals surface area (Å²) in [5.41, 5.74) is -1.74. The Kier molecular flexibility index (Phi) is 8.35. The number of hydrogen-bond donors (Lipinski definition) is 1. The highest BCUT2D eigenvalue weighted by Gasteiger charge is 2.76. The van der Waals surface area contributed by atoms with Gasteiger partial charge >= 0.3 is 5.97 Å². The van der Waals surface area contributed by atoms with Crippen molar-refractivity contribution in [1.29, 1.82) is 0 Å². The molecule has 8 nitrogen and oxygen atoms in total. The molecule has 0 saturated carbocycles. The molecule has 8 heteroatoms. The van der Waals surface area contributed by atoms with Crippen LogP contribution in [0.25, 0.3) is 0 Å². The van der Waals surface area contributed by atoms with E-state index in [4.69, 9.17) is 9.47 Å². The van der Waals surface area contributed by atoms with E-state index in [-0.39, 0.29) is 36.4 Å². The quantitative estimate of drug-likeness (QED) is 0.333. The van der Waals surface area contributed by atoms with Gasteiger partial charge in [-0.05, 0) is 44.4 Å². The number of amides is 2. The van der Waals surface area contributed by atoms with Crippen LogP contribution in [0.2, 0.25) is 0 Å². The summed E-state index contributed by atoms with van der Waals surface area (Å²) in [4.78, 5) is 45.2. The molecule has 37 heavy (non-hydrogen) atoms. The van der Waals surface area contributed by atoms with Gasteiger partial charge in [0.2, 0.25) is 11.8 Å². The summed E-state index contributed by atoms with van der Waals surface area (Å²) in [6.07, 6.45) is 4.49. The largest absolute Gasteiger partial charge is 0.461 e. The molecule has 0 aromatic rings. The van der Waals surface area contributed by atoms with Crippen molar-refractivity contribution >= 4 is 17.8 Å². The molecule has 3 rings (SSSR count). The number of carbonyl (C=O) groups excluding carboxylic acids is 3. The van der Waals surface area contributed by atoms with Crippen LogP contribution in [0.1, 0.15) is 67.7 Å². The predicted octanol–water partition coefficient (Wildman–Crippen LogP) is 3.34. The van der Waals surface area contributed by atoms with Gasteiger partial charge in [0.1, 0.15) is 18.2 Å². The minimum absolute atomic E-state index is 0.0431. The second kappa shape index (κ2) is 10.5. The number of carbonyl (C=O) groups is 3. The molecule has 0 aliphatic carbocycles. The molecule has 2 unspecified atom stereocenters. The molecule has 2 bridgehead atoms. The molecule has 3 fully saturated rings. The second-order valence-corrected chi connectivity index (χ2v) is 13.0. The first kappa shape index (κ1) is 29.4. The van der Waals surface area contributed by atoms with Gasteiger partial charge in [0, 0.05) is 12.1 Å². The van der Waals surface area contributed by atoms with Crippen LogP contribution in [0.4, 0.5) is 0 Å². The lowest BCUT2D eigenvalue weighted by atomic mass is 9.70. The Labute approximate surface area is 222 Å². The van der Waals surface area contributed by atoms with Gasteiger partial charge in [-0.3, -0.25) is 14.4 Å². The van der Waals surface area contributed by atoms with E-state index in [0.717, 1.165) is 6.42 Å². The number of likely N-dealkylation sites (tertiary alicyclic amines) is 1. The van der Waals surface area contributed by atoms with Crippen LogP contribution in [-0.2, 0) is 23.9 Å². The van der Waals surface area contributed by atoms with Crippen molar-refractivity contribution in [2.75, 3.05) is 19.8 Å². The van der Waals surface area contributed by atoms with Gasteiger partial charge < -0.3 is 24.4 Å². The van der Waals surface area contributed by atoms with Crippen LogP contribution in [-0.4, -0.2) is 81.8 Å². The minimum atomic E-state index is -1.14. The fourth-order valence-corrected chi connectivity index (χ4v) is 7.16. The van der Waals surface area contributed by atoms with E-state index >= 15 is 0 Å². The van der Waals surface area contributed by atoms with Crippen molar-refractivity contribution in [2.24, 2.45) is 23.2 Å². The lowest BCUT2D eigenvalue weighted by molar-refractivity contribution is -0.158. The molecule has 2 amide bonds. The van der Waals surface area contributed by atoms with E-state index in [1.165, 1.54) is 11.0 Å². The van der Waals surface area contributed by atoms with Crippen molar-refractivity contribution in [3.8, 4) is 0 Å². The Morgan fingerprint density at radius 1 is 1.24 bits per heavy atom. The van der Waals surface area contributed by atoms with Gasteiger partial charge in [-0.25, -0.2) is 0 Å². The molecule has 0 aromatic heterocycles. The summed E-state index contributed by atoms with van der Waals surface area (Å²) in [7, 11) is 0. The molecule has 0 aromatic carbocycles. The van der Waals surface area contributed by atoms with Crippen LogP contribution in [0, 0.1) is 23.2 Å². The first-order chi connectivity index (χ1) is 17.2. The summed E-state index contributed by atoms with van der Waals surface area (Å²) in [5, 5.41) is 10.4. The third kappa shape index (κ3) is 5.11. The van der Waals surface area contributed by atoms with Crippen molar-refractivity contribution in [3.63, 3.8) is 0 Å². The molecular weight excluding hydrogens is 472 g/mol. The summed E-state index contributed by atoms with van der Waals surface area (Å²) in [5.74, 6) is -2.78. The maximum atomic E-state index is 14.6. The molecule has 3 aliphatic rings. The van der Waals surface area contributed by atoms with E-state index < -0.39 is 47.1 Å². The van der Waals surface area contributed by atoms with Gasteiger partial charge in [-0.15, -0.1) is 6.58 Å². The number of rotatable bonds is 11. The van der Waals surface area contributed by atoms with Crippen molar-refractivity contribution < 1.29 is 29.0 Å². The fraction of sp³-hybridized carbons (Fsp3) is 0.759. The molecule has 6 atom stereocenters. The zero-order valence-corrected chi connectivity index (χ0v) is 23.7. The number of esters is 1. The standard InChI is InChI=1S/C29H46N2O6/c1-10-14-30(28(8,9)17-27(5,6)7)25(34)23-29-13-12-20(37-29)21(26(35)36-15-11-2)22(29)24(33)31(23)19(16-32)18(3)4/h10-11,18-23,32H,1-2,12-17H2,3-9H3/t19-,20-,21+,22-,23?,29?/m0/s1. The van der Waals surface area contributed by atoms with Crippen molar-refractivity contribution in [3.05, 3.63) is 25.3 Å². The molecule has 0 radical (unpaired) electrons. The Bertz CT molecular complexity index is 922. The van der Waals surface area contributed by atoms with Crippen molar-refractivity contribution in [2.45, 2.75) is 97.1 Å². The number of ether oxygens (including phenoxy) is 2. The summed E-state index contributed by atoms with van der Waals surface area (Å²) >= 11 is 0. The van der Waals surface area contributed by atoms with Crippen molar-refractivity contribution in [1.82, 2.24) is 9.80 Å². The van der Waals surface area contributed by atoms with E-state index in [1.54, 1.807) is 11.0 Å². The number of aliphatic hydroxyl groups excluding tert-OH is 1. The van der Waals surface area contributed by atoms with Gasteiger partial charge in [-0.2, -0.15) is 0 Å². The molecule has 3 heterocycles. The normalized spacial score (nSPS) is 29.9. The number of hydrogen-bond acceptors (Lipinski definition) is 6. The molecular formula is C29H46N2O6. The molecule has 3 aliphatic heterocycles. The third-order valence-corrected chi connectivity index (χ3v) is 8.17. The maximum Gasteiger partial charge on any atom is 0.312 e. The predicted molar refractivity (Wildman–Crippen MR) is 141 cm³/mol. The Morgan fingerprint density at radius 2 is 1.89 bits per heavy atom. The second-order valence-electron chi connectivity index (χ2n) is 13.0. The fourth-order valence-electron chi connectivity index (χ4n) is 7.16. The zero-order chi connectivity index (χ0) is 27.9. The highest BCUT2D eigenvalue weighted by Crippen LogP contribution is 2.59. The Hall–Kier alpha value is -2.19. The Morgan fingerprint density at radius 3 is 2.41 bits per heavy atom. The minimum Gasteiger partial charge on any atom is -0.461 e. The average Bonchev–Trinajstić information content (AvgIpc) is 3.42. The van der Waals surface area contributed by atoms with E-state index in [0.29, 0.717) is 19.4 Å². The third-order valence-electron chi connectivity index (χ3n) is 8.17. The SMILES string of the molecule is C=CCOC(=O)[C@@H]1[C@@H]2CCC3(O2)C(C(=O)N(CC=C)C(C)(C)CC(C)(C)C)N([C@@H](CO)C(C)C)C(=O)[C@H]13. The summed E-state index contributed by atoms with van der Waals surface area (Å²) in [6, 6.07) is -1.55. The van der Waals surface area contributed by atoms with Crippen LogP contribution in [0.3, 0.4) is 0 Å². The van der Waals surface area contributed by atoms with E-state index in [9.17, 15) is 19.5 Å². The van der Waals surface area contributed by atoms with E-state index in [2.05, 4.69) is 33.9 Å². The van der Waals surface area contributed by atoms with Gasteiger partial charge in [-0.1, -0.05) is 53.3 Å². The van der Waals surface area contributed by atoms with Gasteiger partial charge in [0.25, 0.3) is 0 Å². The van der Waals surface area contributed by atoms with Crippen LogP contribution >= 0.6 is 0 Å². The number of aliphatic hydroxyl groups is 1. The smallest absolute Gasteiger partial charge is 0.312 e. The molecule has 1 N–H and O–H groups in total. The first-order valence-corrected chi connectivity index (χ1v) is 13.5. The zero-order valence-electron chi connectivity index (χ0n) is 23.7. The summed E-state index contributed by atoms with van der Waals surface area (Å²) < 4.78 is 11.9. The lowest BCUT2D eigenvalue weighted by Crippen LogP contribution is -2.63. The van der Waals surface area contributed by atoms with Gasteiger partial charge in [0.05, 0.1) is 30.6 Å². The monoisotopic (exact) mass is 518 g/mol. The van der Waals surface area contributed by atoms with Crippen LogP contribution in [0.15, 0.2) is 25.3 Å². The molecule has 3 saturated heterocycles.